The van der Waals surface area contributed by atoms with Gasteiger partial charge in [-0.25, -0.2) is 0 Å². The van der Waals surface area contributed by atoms with E-state index in [9.17, 15) is 4.79 Å². The van der Waals surface area contributed by atoms with Gasteiger partial charge in [0.05, 0.1) is 0 Å². The highest BCUT2D eigenvalue weighted by molar-refractivity contribution is 5.39. The largest absolute Gasteiger partial charge is 0.434 e. The number of carbonyl (C=O) groups is 1. The number of hydrogen-bond acceptors (Lipinski definition) is 2. The van der Waals surface area contributed by atoms with E-state index in [2.05, 4.69) is 24.8 Å². The maximum absolute atomic E-state index is 9.97. The molecular formula is C13H22O2. The molecule has 0 aromatic carbocycles. The van der Waals surface area contributed by atoms with Gasteiger partial charge in [0.2, 0.25) is 0 Å². The van der Waals surface area contributed by atoms with Crippen LogP contribution in [0.5, 0.6) is 0 Å². The van der Waals surface area contributed by atoms with E-state index >= 15 is 0 Å². The predicted octanol–water partition coefficient (Wildman–Crippen LogP) is 3.84. The van der Waals surface area contributed by atoms with Crippen molar-refractivity contribution in [2.24, 2.45) is 5.92 Å². The Bertz CT molecular complexity index is 197. The smallest absolute Gasteiger partial charge is 0.298 e. The lowest BCUT2D eigenvalue weighted by Crippen LogP contribution is -1.93. The average molecular weight is 210 g/mol. The molecule has 1 atom stereocenters. The normalized spacial score (nSPS) is 11.8. The molecule has 0 saturated carbocycles. The Morgan fingerprint density at radius 2 is 2.13 bits per heavy atom. The third-order valence-electron chi connectivity index (χ3n) is 2.44. The second-order valence-electron chi connectivity index (χ2n) is 3.98. The molecule has 2 nitrogen and oxygen atoms in total. The zero-order chi connectivity index (χ0) is 11.5. The van der Waals surface area contributed by atoms with Gasteiger partial charge in [-0.1, -0.05) is 38.8 Å². The molecule has 0 heterocycles. The van der Waals surface area contributed by atoms with Crippen molar-refractivity contribution in [3.8, 4) is 0 Å². The number of rotatable bonds is 10. The van der Waals surface area contributed by atoms with Crippen molar-refractivity contribution >= 4 is 6.47 Å². The summed E-state index contributed by atoms with van der Waals surface area (Å²) in [5, 5.41) is 0. The van der Waals surface area contributed by atoms with E-state index < -0.39 is 0 Å². The summed E-state index contributed by atoms with van der Waals surface area (Å²) in [6.45, 7) is 10.1. The van der Waals surface area contributed by atoms with Gasteiger partial charge in [-0.05, 0) is 18.8 Å². The molecule has 0 rings (SSSR count). The van der Waals surface area contributed by atoms with Crippen LogP contribution in [0.1, 0.15) is 45.4 Å². The fraction of sp³-hybridized carbons (Fsp3) is 0.615. The topological polar surface area (TPSA) is 26.3 Å². The van der Waals surface area contributed by atoms with Crippen molar-refractivity contribution < 1.29 is 9.53 Å². The van der Waals surface area contributed by atoms with Gasteiger partial charge in [-0.15, -0.1) is 6.58 Å². The molecule has 0 spiro atoms. The monoisotopic (exact) mass is 210 g/mol. The summed E-state index contributed by atoms with van der Waals surface area (Å²) in [5.74, 6) is 1.31. The summed E-state index contributed by atoms with van der Waals surface area (Å²) in [6.07, 6.45) is 8.55. The molecule has 86 valence electrons. The van der Waals surface area contributed by atoms with Crippen LogP contribution in [0, 0.1) is 5.92 Å². The fourth-order valence-electron chi connectivity index (χ4n) is 1.52. The molecule has 0 saturated heterocycles. The highest BCUT2D eigenvalue weighted by Crippen LogP contribution is 2.15. The van der Waals surface area contributed by atoms with Crippen LogP contribution in [0.2, 0.25) is 0 Å². The Morgan fingerprint density at radius 1 is 1.40 bits per heavy atom. The lowest BCUT2D eigenvalue weighted by molar-refractivity contribution is -0.125. The molecule has 0 aliphatic heterocycles. The molecule has 0 aromatic rings. The van der Waals surface area contributed by atoms with Gasteiger partial charge in [0.25, 0.3) is 6.47 Å². The van der Waals surface area contributed by atoms with Gasteiger partial charge >= 0.3 is 0 Å². The predicted molar refractivity (Wildman–Crippen MR) is 63.4 cm³/mol. The van der Waals surface area contributed by atoms with Crippen molar-refractivity contribution in [2.75, 3.05) is 0 Å². The Hall–Kier alpha value is -1.05. The molecule has 0 radical (unpaired) electrons. The van der Waals surface area contributed by atoms with Gasteiger partial charge in [-0.2, -0.15) is 0 Å². The molecule has 0 unspecified atom stereocenters. The minimum Gasteiger partial charge on any atom is -0.434 e. The second-order valence-corrected chi connectivity index (χ2v) is 3.98. The molecule has 0 aliphatic rings. The highest BCUT2D eigenvalue weighted by atomic mass is 16.5. The zero-order valence-corrected chi connectivity index (χ0v) is 9.71. The molecule has 0 N–H and O–H groups in total. The van der Waals surface area contributed by atoms with Crippen LogP contribution in [0.25, 0.3) is 0 Å². The van der Waals surface area contributed by atoms with E-state index in [1.807, 2.05) is 6.08 Å². The summed E-state index contributed by atoms with van der Waals surface area (Å²) in [5.41, 5.74) is 0. The van der Waals surface area contributed by atoms with Crippen molar-refractivity contribution in [1.29, 1.82) is 0 Å². The lowest BCUT2D eigenvalue weighted by atomic mass is 9.99. The summed E-state index contributed by atoms with van der Waals surface area (Å²) in [6, 6.07) is 0. The fourth-order valence-corrected chi connectivity index (χ4v) is 1.52. The van der Waals surface area contributed by atoms with Crippen molar-refractivity contribution in [1.82, 2.24) is 0 Å². The van der Waals surface area contributed by atoms with Crippen molar-refractivity contribution in [3.63, 3.8) is 0 Å². The SMILES string of the molecule is C=CC[C@H](C)CCCCCC(=C)OC=O. The van der Waals surface area contributed by atoms with Crippen LogP contribution in [-0.2, 0) is 9.53 Å². The molecule has 0 bridgehead atoms. The Balaban J connectivity index is 3.27. The average Bonchev–Trinajstić information content (AvgIpc) is 2.18. The maximum Gasteiger partial charge on any atom is 0.298 e. The van der Waals surface area contributed by atoms with E-state index in [0.717, 1.165) is 25.2 Å². The Labute approximate surface area is 93.0 Å². The number of hydrogen-bond donors (Lipinski definition) is 0. The molecule has 2 heteroatoms. The number of unbranched alkanes of at least 4 members (excludes halogenated alkanes) is 2. The minimum absolute atomic E-state index is 0.439. The molecule has 0 amide bonds. The van der Waals surface area contributed by atoms with Gasteiger partial charge in [0, 0.05) is 6.42 Å². The van der Waals surface area contributed by atoms with E-state index in [-0.39, 0.29) is 0 Å². The van der Waals surface area contributed by atoms with E-state index in [1.54, 1.807) is 0 Å². The first-order chi connectivity index (χ1) is 7.20. The first kappa shape index (κ1) is 13.9. The summed E-state index contributed by atoms with van der Waals surface area (Å²) in [7, 11) is 0. The van der Waals surface area contributed by atoms with E-state index in [4.69, 9.17) is 0 Å². The standard InChI is InChI=1S/C13H22O2/c1-4-8-12(2)9-6-5-7-10-13(3)15-11-14/h4,11-12H,1,3,5-10H2,2H3/t12-/m0/s1. The number of carbonyl (C=O) groups excluding carboxylic acids is 1. The molecule has 0 aromatic heterocycles. The van der Waals surface area contributed by atoms with Crippen LogP contribution in [0.4, 0.5) is 0 Å². The summed E-state index contributed by atoms with van der Waals surface area (Å²) < 4.78 is 4.62. The first-order valence-corrected chi connectivity index (χ1v) is 5.59. The summed E-state index contributed by atoms with van der Waals surface area (Å²) >= 11 is 0. The third-order valence-corrected chi connectivity index (χ3v) is 2.44. The second kappa shape index (κ2) is 9.50. The van der Waals surface area contributed by atoms with Crippen molar-refractivity contribution in [3.05, 3.63) is 25.0 Å². The van der Waals surface area contributed by atoms with Gasteiger partial charge in [-0.3, -0.25) is 4.79 Å². The van der Waals surface area contributed by atoms with Crippen LogP contribution in [0.15, 0.2) is 25.0 Å². The molecular weight excluding hydrogens is 188 g/mol. The molecule has 0 fully saturated rings. The van der Waals surface area contributed by atoms with Gasteiger partial charge in [0.15, 0.2) is 0 Å². The number of allylic oxidation sites excluding steroid dienone is 2. The lowest BCUT2D eigenvalue weighted by Gasteiger charge is -2.08. The van der Waals surface area contributed by atoms with Crippen LogP contribution in [-0.4, -0.2) is 6.47 Å². The summed E-state index contributed by atoms with van der Waals surface area (Å²) in [4.78, 5) is 9.97. The maximum atomic E-state index is 9.97. The van der Waals surface area contributed by atoms with Crippen LogP contribution in [0.3, 0.4) is 0 Å². The Kier molecular flexibility index (Phi) is 8.84. The highest BCUT2D eigenvalue weighted by Gasteiger charge is 2.00. The van der Waals surface area contributed by atoms with Gasteiger partial charge in [0.1, 0.15) is 5.76 Å². The van der Waals surface area contributed by atoms with Crippen LogP contribution >= 0.6 is 0 Å². The molecule has 15 heavy (non-hydrogen) atoms. The Morgan fingerprint density at radius 3 is 2.73 bits per heavy atom. The minimum atomic E-state index is 0.439. The van der Waals surface area contributed by atoms with E-state index in [1.165, 1.54) is 19.3 Å². The quantitative estimate of drug-likeness (QED) is 0.237. The van der Waals surface area contributed by atoms with Crippen molar-refractivity contribution in [2.45, 2.75) is 45.4 Å². The van der Waals surface area contributed by atoms with E-state index in [0.29, 0.717) is 12.2 Å². The van der Waals surface area contributed by atoms with Crippen LogP contribution < -0.4 is 0 Å². The zero-order valence-electron chi connectivity index (χ0n) is 9.71. The van der Waals surface area contributed by atoms with Gasteiger partial charge < -0.3 is 4.74 Å². The first-order valence-electron chi connectivity index (χ1n) is 5.59. The molecule has 0 aliphatic carbocycles. The third kappa shape index (κ3) is 9.26. The number of ether oxygens (including phenoxy) is 1.